The Morgan fingerprint density at radius 3 is 2.22 bits per heavy atom. The Balaban J connectivity index is 1.35. The van der Waals surface area contributed by atoms with Gasteiger partial charge >= 0.3 is 5.97 Å². The number of nitrogens with one attached hydrogen (secondary N) is 1. The SMILES string of the molecule is CCOC(=O)CCC(=O)NC1CCN(C(=O)CCCN2C(=O)c3ccccc3C2=O)CC1. The summed E-state index contributed by atoms with van der Waals surface area (Å²) in [5.41, 5.74) is 0.824. The lowest BCUT2D eigenvalue weighted by Crippen LogP contribution is -2.46. The van der Waals surface area contributed by atoms with E-state index >= 15 is 0 Å². The molecule has 2 aliphatic rings. The van der Waals surface area contributed by atoms with Crippen LogP contribution in [0.5, 0.6) is 0 Å². The van der Waals surface area contributed by atoms with Crippen molar-refractivity contribution in [3.63, 3.8) is 0 Å². The molecule has 9 nitrogen and oxygen atoms in total. The molecule has 0 unspecified atom stereocenters. The van der Waals surface area contributed by atoms with Crippen molar-refractivity contribution in [2.24, 2.45) is 0 Å². The van der Waals surface area contributed by atoms with E-state index in [1.807, 2.05) is 0 Å². The molecule has 1 saturated heterocycles. The van der Waals surface area contributed by atoms with Gasteiger partial charge in [-0.2, -0.15) is 0 Å². The molecule has 32 heavy (non-hydrogen) atoms. The third kappa shape index (κ3) is 5.72. The van der Waals surface area contributed by atoms with Gasteiger partial charge in [0, 0.05) is 38.5 Å². The summed E-state index contributed by atoms with van der Waals surface area (Å²) in [6, 6.07) is 6.71. The minimum absolute atomic E-state index is 0.0197. The van der Waals surface area contributed by atoms with Gasteiger partial charge in [-0.3, -0.25) is 28.9 Å². The summed E-state index contributed by atoms with van der Waals surface area (Å²) in [6.07, 6.45) is 2.11. The molecule has 0 atom stereocenters. The van der Waals surface area contributed by atoms with E-state index in [1.54, 1.807) is 36.1 Å². The van der Waals surface area contributed by atoms with Gasteiger partial charge in [0.25, 0.3) is 11.8 Å². The molecular formula is C23H29N3O6. The molecule has 9 heteroatoms. The highest BCUT2D eigenvalue weighted by Gasteiger charge is 2.34. The molecule has 0 aliphatic carbocycles. The summed E-state index contributed by atoms with van der Waals surface area (Å²) in [7, 11) is 0. The molecule has 3 rings (SSSR count). The van der Waals surface area contributed by atoms with Crippen LogP contribution in [0, 0.1) is 0 Å². The quantitative estimate of drug-likeness (QED) is 0.457. The number of likely N-dealkylation sites (tertiary alicyclic amines) is 1. The number of fused-ring (bicyclic) bond motifs is 1. The van der Waals surface area contributed by atoms with E-state index < -0.39 is 0 Å². The number of carbonyl (C=O) groups is 5. The van der Waals surface area contributed by atoms with E-state index in [-0.39, 0.29) is 61.4 Å². The lowest BCUT2D eigenvalue weighted by atomic mass is 10.0. The summed E-state index contributed by atoms with van der Waals surface area (Å²) in [5.74, 6) is -1.21. The maximum Gasteiger partial charge on any atom is 0.306 e. The number of nitrogens with zero attached hydrogens (tertiary/aromatic N) is 2. The molecule has 1 aromatic carbocycles. The Hall–Kier alpha value is -3.23. The molecule has 4 amide bonds. The van der Waals surface area contributed by atoms with Gasteiger partial charge < -0.3 is 15.0 Å². The van der Waals surface area contributed by atoms with Crippen molar-refractivity contribution in [3.05, 3.63) is 35.4 Å². The smallest absolute Gasteiger partial charge is 0.306 e. The zero-order valence-corrected chi connectivity index (χ0v) is 18.3. The second-order valence-corrected chi connectivity index (χ2v) is 7.94. The summed E-state index contributed by atoms with van der Waals surface area (Å²) in [5, 5.41) is 2.91. The van der Waals surface area contributed by atoms with Gasteiger partial charge in [0.05, 0.1) is 24.2 Å². The first-order valence-corrected chi connectivity index (χ1v) is 11.1. The van der Waals surface area contributed by atoms with Crippen molar-refractivity contribution >= 4 is 29.6 Å². The summed E-state index contributed by atoms with van der Waals surface area (Å²) in [4.78, 5) is 63.5. The zero-order valence-electron chi connectivity index (χ0n) is 18.3. The normalized spacial score (nSPS) is 16.2. The summed E-state index contributed by atoms with van der Waals surface area (Å²) >= 11 is 0. The molecular weight excluding hydrogens is 414 g/mol. The highest BCUT2D eigenvalue weighted by Crippen LogP contribution is 2.23. The molecule has 2 aliphatic heterocycles. The van der Waals surface area contributed by atoms with Crippen LogP contribution in [0.1, 0.15) is 66.2 Å². The molecule has 0 radical (unpaired) electrons. The van der Waals surface area contributed by atoms with Crippen LogP contribution in [0.15, 0.2) is 24.3 Å². The second-order valence-electron chi connectivity index (χ2n) is 7.94. The largest absolute Gasteiger partial charge is 0.466 e. The van der Waals surface area contributed by atoms with Crippen molar-refractivity contribution in [2.75, 3.05) is 26.2 Å². The van der Waals surface area contributed by atoms with Gasteiger partial charge in [-0.05, 0) is 38.3 Å². The Kier molecular flexibility index (Phi) is 7.97. The van der Waals surface area contributed by atoms with Gasteiger partial charge in [-0.1, -0.05) is 12.1 Å². The third-order valence-electron chi connectivity index (χ3n) is 5.72. The number of ether oxygens (including phenoxy) is 1. The van der Waals surface area contributed by atoms with Crippen LogP contribution in [-0.2, 0) is 19.1 Å². The average Bonchev–Trinajstić information content (AvgIpc) is 3.03. The number of hydrogen-bond donors (Lipinski definition) is 1. The monoisotopic (exact) mass is 443 g/mol. The number of rotatable bonds is 9. The fraction of sp³-hybridized carbons (Fsp3) is 0.522. The zero-order chi connectivity index (χ0) is 23.1. The number of amides is 4. The fourth-order valence-corrected chi connectivity index (χ4v) is 4.01. The first-order chi connectivity index (χ1) is 15.4. The predicted octanol–water partition coefficient (Wildman–Crippen LogP) is 1.51. The van der Waals surface area contributed by atoms with Crippen LogP contribution in [0.25, 0.3) is 0 Å². The Labute approximate surface area is 187 Å². The summed E-state index contributed by atoms with van der Waals surface area (Å²) < 4.78 is 4.81. The Bertz CT molecular complexity index is 856. The molecule has 1 fully saturated rings. The van der Waals surface area contributed by atoms with Crippen LogP contribution >= 0.6 is 0 Å². The number of hydrogen-bond acceptors (Lipinski definition) is 6. The first-order valence-electron chi connectivity index (χ1n) is 11.1. The minimum atomic E-state index is -0.385. The van der Waals surface area contributed by atoms with Crippen molar-refractivity contribution in [3.8, 4) is 0 Å². The number of imide groups is 1. The minimum Gasteiger partial charge on any atom is -0.466 e. The van der Waals surface area contributed by atoms with Gasteiger partial charge in [-0.25, -0.2) is 0 Å². The molecule has 0 saturated carbocycles. The number of piperidine rings is 1. The Morgan fingerprint density at radius 1 is 1.00 bits per heavy atom. The molecule has 172 valence electrons. The van der Waals surface area contributed by atoms with Crippen LogP contribution in [0.3, 0.4) is 0 Å². The highest BCUT2D eigenvalue weighted by atomic mass is 16.5. The van der Waals surface area contributed by atoms with Crippen LogP contribution in [-0.4, -0.2) is 71.7 Å². The van der Waals surface area contributed by atoms with Crippen LogP contribution < -0.4 is 5.32 Å². The molecule has 1 aromatic rings. The van der Waals surface area contributed by atoms with E-state index in [9.17, 15) is 24.0 Å². The molecule has 0 bridgehead atoms. The maximum atomic E-state index is 12.5. The number of esters is 1. The third-order valence-corrected chi connectivity index (χ3v) is 5.72. The van der Waals surface area contributed by atoms with Gasteiger partial charge in [0.2, 0.25) is 11.8 Å². The lowest BCUT2D eigenvalue weighted by molar-refractivity contribution is -0.144. The Morgan fingerprint density at radius 2 is 1.62 bits per heavy atom. The predicted molar refractivity (Wildman–Crippen MR) is 115 cm³/mol. The van der Waals surface area contributed by atoms with Crippen LogP contribution in [0.2, 0.25) is 0 Å². The second kappa shape index (κ2) is 10.9. The molecule has 0 spiro atoms. The average molecular weight is 444 g/mol. The maximum absolute atomic E-state index is 12.5. The van der Waals surface area contributed by atoms with Gasteiger partial charge in [-0.15, -0.1) is 0 Å². The van der Waals surface area contributed by atoms with E-state index in [2.05, 4.69) is 5.32 Å². The van der Waals surface area contributed by atoms with Gasteiger partial charge in [0.15, 0.2) is 0 Å². The molecule has 1 N–H and O–H groups in total. The van der Waals surface area contributed by atoms with Crippen LogP contribution in [0.4, 0.5) is 0 Å². The lowest BCUT2D eigenvalue weighted by Gasteiger charge is -2.32. The van der Waals surface area contributed by atoms with Crippen molar-refractivity contribution < 1.29 is 28.7 Å². The van der Waals surface area contributed by atoms with E-state index in [4.69, 9.17) is 4.74 Å². The van der Waals surface area contributed by atoms with Crippen molar-refractivity contribution in [1.82, 2.24) is 15.1 Å². The first kappa shape index (κ1) is 23.4. The summed E-state index contributed by atoms with van der Waals surface area (Å²) in [6.45, 7) is 3.30. The number of benzene rings is 1. The van der Waals surface area contributed by atoms with E-state index in [0.29, 0.717) is 50.1 Å². The fourth-order valence-electron chi connectivity index (χ4n) is 4.01. The van der Waals surface area contributed by atoms with Crippen molar-refractivity contribution in [2.45, 2.75) is 51.5 Å². The highest BCUT2D eigenvalue weighted by molar-refractivity contribution is 6.21. The van der Waals surface area contributed by atoms with E-state index in [1.165, 1.54) is 4.90 Å². The van der Waals surface area contributed by atoms with Crippen molar-refractivity contribution in [1.29, 1.82) is 0 Å². The molecule has 0 aromatic heterocycles. The molecule has 2 heterocycles. The topological polar surface area (TPSA) is 113 Å². The standard InChI is InChI=1S/C23H29N3O6/c1-2-32-21(29)10-9-19(27)24-16-11-14-25(15-12-16)20(28)8-5-13-26-22(30)17-6-3-4-7-18(17)23(26)31/h3-4,6-7,16H,2,5,8-15H2,1H3,(H,24,27). The van der Waals surface area contributed by atoms with E-state index in [0.717, 1.165) is 0 Å². The van der Waals surface area contributed by atoms with Gasteiger partial charge in [0.1, 0.15) is 0 Å². The number of carbonyl (C=O) groups excluding carboxylic acids is 5.